The van der Waals surface area contributed by atoms with Gasteiger partial charge in [0.15, 0.2) is 11.2 Å². The predicted octanol–water partition coefficient (Wildman–Crippen LogP) is 1.14. The maximum atomic E-state index is 11.9. The molecule has 3 aromatic rings. The molecule has 21 heavy (non-hydrogen) atoms. The SMILES string of the molecule is Cn1c(=O)[nH]c(=O)c2c1ncn2CC=Cc1ccccc1. The molecular weight excluding hydrogens is 268 g/mol. The second kappa shape index (κ2) is 5.24. The van der Waals surface area contributed by atoms with Crippen LogP contribution in [0.5, 0.6) is 0 Å². The first-order valence-corrected chi connectivity index (χ1v) is 6.52. The van der Waals surface area contributed by atoms with Crippen molar-refractivity contribution in [2.24, 2.45) is 7.05 Å². The van der Waals surface area contributed by atoms with Crippen molar-refractivity contribution in [3.05, 3.63) is 69.1 Å². The Bertz CT molecular complexity index is 916. The zero-order valence-corrected chi connectivity index (χ0v) is 11.5. The molecule has 0 unspecified atom stereocenters. The highest BCUT2D eigenvalue weighted by Gasteiger charge is 2.10. The molecule has 0 atom stereocenters. The van der Waals surface area contributed by atoms with Crippen molar-refractivity contribution < 1.29 is 0 Å². The van der Waals surface area contributed by atoms with Crippen molar-refractivity contribution >= 4 is 17.2 Å². The summed E-state index contributed by atoms with van der Waals surface area (Å²) in [5, 5.41) is 0. The molecule has 0 bridgehead atoms. The first-order valence-electron chi connectivity index (χ1n) is 6.52. The second-order valence-electron chi connectivity index (χ2n) is 4.70. The summed E-state index contributed by atoms with van der Waals surface area (Å²) in [5.74, 6) is 0. The Labute approximate surface area is 120 Å². The van der Waals surface area contributed by atoms with Crippen LogP contribution >= 0.6 is 0 Å². The third-order valence-electron chi connectivity index (χ3n) is 3.29. The van der Waals surface area contributed by atoms with E-state index < -0.39 is 11.2 Å². The Morgan fingerprint density at radius 2 is 2.00 bits per heavy atom. The molecule has 1 aromatic carbocycles. The lowest BCUT2D eigenvalue weighted by atomic mass is 10.2. The normalized spacial score (nSPS) is 11.5. The van der Waals surface area contributed by atoms with Crippen molar-refractivity contribution in [3.63, 3.8) is 0 Å². The smallest absolute Gasteiger partial charge is 0.321 e. The van der Waals surface area contributed by atoms with Crippen molar-refractivity contribution in [1.82, 2.24) is 19.1 Å². The largest absolute Gasteiger partial charge is 0.329 e. The Balaban J connectivity index is 1.96. The van der Waals surface area contributed by atoms with Crippen molar-refractivity contribution in [2.75, 3.05) is 0 Å². The molecule has 106 valence electrons. The molecule has 2 heterocycles. The van der Waals surface area contributed by atoms with Crippen LogP contribution in [-0.4, -0.2) is 19.1 Å². The molecule has 0 saturated heterocycles. The topological polar surface area (TPSA) is 72.7 Å². The molecular formula is C15H14N4O2. The number of aromatic amines is 1. The fourth-order valence-corrected chi connectivity index (χ4v) is 2.19. The Kier molecular flexibility index (Phi) is 3.27. The Morgan fingerprint density at radius 1 is 1.24 bits per heavy atom. The number of allylic oxidation sites excluding steroid dienone is 1. The number of aryl methyl sites for hydroxylation is 1. The molecule has 0 aliphatic heterocycles. The lowest BCUT2D eigenvalue weighted by Crippen LogP contribution is -2.29. The summed E-state index contributed by atoms with van der Waals surface area (Å²) in [6.07, 6.45) is 5.48. The van der Waals surface area contributed by atoms with Crippen molar-refractivity contribution in [2.45, 2.75) is 6.54 Å². The lowest BCUT2D eigenvalue weighted by molar-refractivity contribution is 0.819. The molecule has 0 spiro atoms. The van der Waals surface area contributed by atoms with Crippen LogP contribution in [0.25, 0.3) is 17.2 Å². The number of hydrogen-bond donors (Lipinski definition) is 1. The maximum absolute atomic E-state index is 11.9. The van der Waals surface area contributed by atoms with Crippen molar-refractivity contribution in [1.29, 1.82) is 0 Å². The number of imidazole rings is 1. The van der Waals surface area contributed by atoms with Gasteiger partial charge in [-0.05, 0) is 5.56 Å². The van der Waals surface area contributed by atoms with Gasteiger partial charge in [-0.3, -0.25) is 14.3 Å². The van der Waals surface area contributed by atoms with Gasteiger partial charge in [-0.25, -0.2) is 9.78 Å². The van der Waals surface area contributed by atoms with Gasteiger partial charge in [0.05, 0.1) is 6.33 Å². The average Bonchev–Trinajstić information content (AvgIpc) is 2.91. The number of rotatable bonds is 3. The van der Waals surface area contributed by atoms with Gasteiger partial charge in [0.25, 0.3) is 5.56 Å². The van der Waals surface area contributed by atoms with Crippen LogP contribution in [0, 0.1) is 0 Å². The van der Waals surface area contributed by atoms with Gasteiger partial charge < -0.3 is 4.57 Å². The highest BCUT2D eigenvalue weighted by Crippen LogP contribution is 2.06. The van der Waals surface area contributed by atoms with Gasteiger partial charge >= 0.3 is 5.69 Å². The Morgan fingerprint density at radius 3 is 2.76 bits per heavy atom. The van der Waals surface area contributed by atoms with E-state index in [2.05, 4.69) is 9.97 Å². The van der Waals surface area contributed by atoms with Crippen LogP contribution < -0.4 is 11.2 Å². The van der Waals surface area contributed by atoms with E-state index in [-0.39, 0.29) is 0 Å². The minimum absolute atomic E-state index is 0.386. The summed E-state index contributed by atoms with van der Waals surface area (Å²) >= 11 is 0. The van der Waals surface area contributed by atoms with E-state index in [1.54, 1.807) is 17.9 Å². The van der Waals surface area contributed by atoms with Gasteiger partial charge in [0.1, 0.15) is 0 Å². The molecule has 2 aromatic heterocycles. The van der Waals surface area contributed by atoms with Gasteiger partial charge in [0.2, 0.25) is 0 Å². The molecule has 0 aliphatic rings. The van der Waals surface area contributed by atoms with E-state index in [0.29, 0.717) is 17.7 Å². The first kappa shape index (κ1) is 13.1. The molecule has 1 N–H and O–H groups in total. The second-order valence-corrected chi connectivity index (χ2v) is 4.70. The van der Waals surface area contributed by atoms with E-state index in [1.165, 1.54) is 4.57 Å². The number of hydrogen-bond acceptors (Lipinski definition) is 3. The quantitative estimate of drug-likeness (QED) is 0.783. The summed E-state index contributed by atoms with van der Waals surface area (Å²) in [4.78, 5) is 29.8. The van der Waals surface area contributed by atoms with Gasteiger partial charge in [0, 0.05) is 13.6 Å². The molecule has 0 amide bonds. The van der Waals surface area contributed by atoms with E-state index in [0.717, 1.165) is 5.56 Å². The van der Waals surface area contributed by atoms with Gasteiger partial charge in [-0.15, -0.1) is 0 Å². The standard InChI is InChI=1S/C15H14N4O2/c1-18-13-12(14(20)17-15(18)21)19(10-16-13)9-5-8-11-6-3-2-4-7-11/h2-8,10H,9H2,1H3,(H,17,20,21). The highest BCUT2D eigenvalue weighted by atomic mass is 16.2. The minimum Gasteiger partial charge on any atom is -0.321 e. The molecule has 0 fully saturated rings. The zero-order valence-electron chi connectivity index (χ0n) is 11.5. The third-order valence-corrected chi connectivity index (χ3v) is 3.29. The zero-order chi connectivity index (χ0) is 14.8. The average molecular weight is 282 g/mol. The van der Waals surface area contributed by atoms with Crippen LogP contribution in [0.1, 0.15) is 5.56 Å². The minimum atomic E-state index is -0.461. The summed E-state index contributed by atoms with van der Waals surface area (Å²) in [7, 11) is 1.58. The highest BCUT2D eigenvalue weighted by molar-refractivity contribution is 5.69. The fraction of sp³-hybridized carbons (Fsp3) is 0.133. The van der Waals surface area contributed by atoms with Crippen LogP contribution in [0.15, 0.2) is 52.3 Å². The molecule has 0 aliphatic carbocycles. The first-order chi connectivity index (χ1) is 10.2. The number of H-pyrrole nitrogens is 1. The maximum Gasteiger partial charge on any atom is 0.329 e. The van der Waals surface area contributed by atoms with E-state index in [4.69, 9.17) is 0 Å². The van der Waals surface area contributed by atoms with Gasteiger partial charge in [-0.2, -0.15) is 0 Å². The monoisotopic (exact) mass is 282 g/mol. The van der Waals surface area contributed by atoms with Crippen LogP contribution in [-0.2, 0) is 13.6 Å². The van der Waals surface area contributed by atoms with E-state index >= 15 is 0 Å². The fourth-order valence-electron chi connectivity index (χ4n) is 2.19. The Hall–Kier alpha value is -2.89. The molecule has 0 saturated carbocycles. The number of benzene rings is 1. The molecule has 3 rings (SSSR count). The van der Waals surface area contributed by atoms with Crippen LogP contribution in [0.4, 0.5) is 0 Å². The molecule has 6 heteroatoms. The lowest BCUT2D eigenvalue weighted by Gasteiger charge is -2.00. The van der Waals surface area contributed by atoms with Crippen molar-refractivity contribution in [3.8, 4) is 0 Å². The predicted molar refractivity (Wildman–Crippen MR) is 81.1 cm³/mol. The third kappa shape index (κ3) is 2.43. The van der Waals surface area contributed by atoms with E-state index in [1.807, 2.05) is 42.5 Å². The summed E-state index contributed by atoms with van der Waals surface area (Å²) in [6, 6.07) is 9.89. The summed E-state index contributed by atoms with van der Waals surface area (Å²) in [6.45, 7) is 0.507. The number of aromatic nitrogens is 4. The van der Waals surface area contributed by atoms with E-state index in [9.17, 15) is 9.59 Å². The number of nitrogens with one attached hydrogen (secondary N) is 1. The number of fused-ring (bicyclic) bond motifs is 1. The summed E-state index contributed by atoms with van der Waals surface area (Å²) in [5.41, 5.74) is 0.992. The molecule has 0 radical (unpaired) electrons. The molecule has 6 nitrogen and oxygen atoms in total. The summed E-state index contributed by atoms with van der Waals surface area (Å²) < 4.78 is 3.04. The van der Waals surface area contributed by atoms with Crippen LogP contribution in [0.2, 0.25) is 0 Å². The van der Waals surface area contributed by atoms with Gasteiger partial charge in [-0.1, -0.05) is 42.5 Å². The van der Waals surface area contributed by atoms with Crippen LogP contribution in [0.3, 0.4) is 0 Å². The number of nitrogens with zero attached hydrogens (tertiary/aromatic N) is 3.